The molecule has 0 radical (unpaired) electrons. The first-order valence-electron chi connectivity index (χ1n) is 32.0. The van der Waals surface area contributed by atoms with Crippen LogP contribution in [0.3, 0.4) is 0 Å². The van der Waals surface area contributed by atoms with Gasteiger partial charge in [0.15, 0.2) is 11.2 Å². The molecule has 3 aromatic heterocycles. The molecule has 2 aliphatic rings. The molecule has 5 nitrogen and oxygen atoms in total. The molecule has 93 heavy (non-hydrogen) atoms. The topological polar surface area (TPSA) is 37.7 Å². The molecule has 8 heteroatoms. The van der Waals surface area contributed by atoms with Gasteiger partial charge >= 0.3 is 6.18 Å². The lowest BCUT2D eigenvalue weighted by atomic mass is 9.65. The second-order valence-electron chi connectivity index (χ2n) is 27.5. The van der Waals surface area contributed by atoms with E-state index in [1.54, 1.807) is 6.07 Å². The number of alkyl halides is 3. The highest BCUT2D eigenvalue weighted by molar-refractivity contribution is 6.20. The summed E-state index contributed by atoms with van der Waals surface area (Å²) in [6.07, 6.45) is -4.64. The lowest BCUT2D eigenvalue weighted by molar-refractivity contribution is -0.136. The van der Waals surface area contributed by atoms with E-state index in [-0.39, 0.29) is 16.4 Å². The number of anilines is 6. The van der Waals surface area contributed by atoms with Gasteiger partial charge in [0, 0.05) is 55.1 Å². The zero-order chi connectivity index (χ0) is 63.2. The average Bonchev–Trinajstić information content (AvgIpc) is 1.51. The third kappa shape index (κ3) is 7.81. The van der Waals surface area contributed by atoms with Crippen molar-refractivity contribution >= 4 is 121 Å². The van der Waals surface area contributed by atoms with Crippen molar-refractivity contribution in [1.82, 2.24) is 4.57 Å². The molecular weight excluding hydrogens is 1150 g/mol. The van der Waals surface area contributed by atoms with Crippen LogP contribution in [0.25, 0.3) is 104 Å². The summed E-state index contributed by atoms with van der Waals surface area (Å²) < 4.78 is 61.1. The van der Waals surface area contributed by atoms with E-state index < -0.39 is 17.2 Å². The fourth-order valence-electron chi connectivity index (χ4n) is 15.9. The molecule has 0 atom stereocenters. The number of aryl methyl sites for hydroxylation is 1. The second kappa shape index (κ2) is 19.4. The van der Waals surface area contributed by atoms with E-state index in [9.17, 15) is 13.2 Å². The third-order valence-electron chi connectivity index (χ3n) is 20.2. The highest BCUT2D eigenvalue weighted by Crippen LogP contribution is 2.65. The first kappa shape index (κ1) is 55.0. The number of para-hydroxylation sites is 5. The van der Waals surface area contributed by atoms with Crippen molar-refractivity contribution in [2.75, 3.05) is 9.80 Å². The zero-order valence-corrected chi connectivity index (χ0v) is 52.5. The Labute approximate surface area is 535 Å². The molecule has 0 amide bonds. The lowest BCUT2D eigenvalue weighted by Crippen LogP contribution is -2.33. The molecule has 1 aliphatic heterocycles. The van der Waals surface area contributed by atoms with Crippen LogP contribution in [0.2, 0.25) is 0 Å². The zero-order valence-electron chi connectivity index (χ0n) is 52.5. The van der Waals surface area contributed by atoms with Gasteiger partial charge < -0.3 is 23.2 Å². The summed E-state index contributed by atoms with van der Waals surface area (Å²) in [6, 6.07) is 88.1. The van der Waals surface area contributed by atoms with E-state index in [2.05, 4.69) is 275 Å². The number of fused-ring (bicyclic) bond motifs is 22. The number of hydrogen-bond acceptors (Lipinski definition) is 4. The van der Waals surface area contributed by atoms with Crippen molar-refractivity contribution in [3.05, 3.63) is 293 Å². The van der Waals surface area contributed by atoms with Crippen LogP contribution in [0.5, 0.6) is 0 Å². The van der Waals surface area contributed by atoms with E-state index in [4.69, 9.17) is 8.83 Å². The van der Waals surface area contributed by atoms with Gasteiger partial charge in [0.2, 0.25) is 0 Å². The van der Waals surface area contributed by atoms with Crippen molar-refractivity contribution in [3.8, 4) is 16.8 Å². The van der Waals surface area contributed by atoms with E-state index in [1.807, 2.05) is 18.2 Å². The number of aromatic nitrogens is 1. The van der Waals surface area contributed by atoms with Crippen LogP contribution in [0.15, 0.2) is 258 Å². The molecule has 1 aliphatic carbocycles. The van der Waals surface area contributed by atoms with Crippen LogP contribution in [0, 0.1) is 6.92 Å². The second-order valence-corrected chi connectivity index (χ2v) is 27.5. The molecule has 13 aromatic carbocycles. The monoisotopic (exact) mass is 1210 g/mol. The van der Waals surface area contributed by atoms with Gasteiger partial charge in [-0.05, 0) is 168 Å². The van der Waals surface area contributed by atoms with E-state index in [0.717, 1.165) is 106 Å². The van der Waals surface area contributed by atoms with Gasteiger partial charge in [-0.2, -0.15) is 13.2 Å². The molecule has 16 aromatic rings. The molecule has 1 spiro atoms. The Morgan fingerprint density at radius 2 is 0.839 bits per heavy atom. The number of benzene rings is 13. The van der Waals surface area contributed by atoms with Crippen molar-refractivity contribution in [1.29, 1.82) is 0 Å². The number of furan rings is 2. The van der Waals surface area contributed by atoms with Crippen LogP contribution < -0.4 is 9.80 Å². The van der Waals surface area contributed by atoms with Gasteiger partial charge in [0.25, 0.3) is 0 Å². The van der Waals surface area contributed by atoms with Gasteiger partial charge in [-0.1, -0.05) is 211 Å². The lowest BCUT2D eigenvalue weighted by Gasteiger charge is -2.40. The predicted molar refractivity (Wildman–Crippen MR) is 378 cm³/mol. The van der Waals surface area contributed by atoms with Crippen LogP contribution in [-0.4, -0.2) is 4.57 Å². The fraction of sp³-hybridized carbons (Fsp3) is 0.129. The highest BCUT2D eigenvalue weighted by Gasteiger charge is 2.52. The summed E-state index contributed by atoms with van der Waals surface area (Å²) in [5, 5.41) is 9.82. The first-order chi connectivity index (χ1) is 44.9. The van der Waals surface area contributed by atoms with E-state index in [1.165, 1.54) is 55.4 Å². The van der Waals surface area contributed by atoms with Gasteiger partial charge in [-0.25, -0.2) is 0 Å². The smallest absolute Gasteiger partial charge is 0.420 e. The Kier molecular flexibility index (Phi) is 11.5. The molecule has 0 N–H and O–H groups in total. The van der Waals surface area contributed by atoms with Gasteiger partial charge in [-0.3, -0.25) is 0 Å². The van der Waals surface area contributed by atoms with Crippen molar-refractivity contribution in [3.63, 3.8) is 0 Å². The largest absolute Gasteiger partial charge is 0.454 e. The summed E-state index contributed by atoms with van der Waals surface area (Å²) in [5.41, 5.74) is 18.6. The summed E-state index contributed by atoms with van der Waals surface area (Å²) in [4.78, 5) is 4.56. The Morgan fingerprint density at radius 3 is 1.42 bits per heavy atom. The molecule has 4 heterocycles. The normalized spacial score (nSPS) is 13.6. The minimum absolute atomic E-state index is 0.107. The molecule has 18 rings (SSSR count). The van der Waals surface area contributed by atoms with Crippen LogP contribution in [0.1, 0.15) is 86.1 Å². The maximum atomic E-state index is 14.9. The van der Waals surface area contributed by atoms with Crippen molar-refractivity contribution in [2.45, 2.75) is 70.9 Å². The first-order valence-corrected chi connectivity index (χ1v) is 32.0. The Bertz CT molecular complexity index is 5760. The number of hydrogen-bond donors (Lipinski definition) is 0. The number of halogens is 3. The van der Waals surface area contributed by atoms with Crippen LogP contribution in [0.4, 0.5) is 47.3 Å². The quantitative estimate of drug-likeness (QED) is 0.166. The maximum absolute atomic E-state index is 14.9. The fourth-order valence-corrected chi connectivity index (χ4v) is 15.9. The summed E-state index contributed by atoms with van der Waals surface area (Å²) in [6.45, 7) is 15.5. The Balaban J connectivity index is 0.998. The SMILES string of the molecule is Cc1cccc2c1oc1c(N(c3ccc(C(C)(C)C)cc3)c3cc4c5c(c3)c3cc(N(c6ccc(C(C)(C)C)cc6)c6cccc7c6oc6c(C(F)(F)F)cccc67)ccc3n5-c3ccccc3C43c4ccc5ccccc5c4-c4c3ccc3ccccc43)cccc12. The molecule has 0 fully saturated rings. The Hall–Kier alpha value is -10.8. The summed E-state index contributed by atoms with van der Waals surface area (Å²) in [7, 11) is 0. The van der Waals surface area contributed by atoms with Crippen LogP contribution >= 0.6 is 0 Å². The van der Waals surface area contributed by atoms with E-state index >= 15 is 0 Å². The summed E-state index contributed by atoms with van der Waals surface area (Å²) in [5.74, 6) is 0. The number of nitrogens with zero attached hydrogens (tertiary/aromatic N) is 3. The minimum Gasteiger partial charge on any atom is -0.454 e. The molecular formula is C85H62F3N3O2. The number of rotatable bonds is 6. The molecule has 0 saturated carbocycles. The average molecular weight is 1210 g/mol. The van der Waals surface area contributed by atoms with Crippen molar-refractivity contribution in [2.24, 2.45) is 0 Å². The predicted octanol–water partition coefficient (Wildman–Crippen LogP) is 24.4. The highest BCUT2D eigenvalue weighted by atomic mass is 19.4. The van der Waals surface area contributed by atoms with Gasteiger partial charge in [0.1, 0.15) is 11.2 Å². The molecule has 0 saturated heterocycles. The van der Waals surface area contributed by atoms with Gasteiger partial charge in [0.05, 0.1) is 39.1 Å². The third-order valence-corrected chi connectivity index (χ3v) is 20.2. The summed E-state index contributed by atoms with van der Waals surface area (Å²) >= 11 is 0. The van der Waals surface area contributed by atoms with Crippen molar-refractivity contribution < 1.29 is 22.0 Å². The van der Waals surface area contributed by atoms with E-state index in [0.29, 0.717) is 22.0 Å². The molecule has 0 bridgehead atoms. The standard InChI is InChI=1S/C85H62F3N3O2/c1-49-18-14-23-60-62-25-16-31-74(80(62)92-78(49)60)90(55-40-36-53(37-41-55)83(5,6)7)57-47-65-64-46-56(89(54-38-34-52(35-39-54)82(2,3)4)73-30-17-26-63-61-24-15-28-69(85(86,87)88)79(61)93-81(63)73)42-45-71(64)91-72-29-13-12-27-66(72)84(70(48-57)77(65)91)67-43-32-50-19-8-10-21-58(50)75(67)76-59-22-11-9-20-51(59)33-44-68(76)84/h8-48H,1-7H3. The molecule has 0 unspecified atom stereocenters. The van der Waals surface area contributed by atoms with Gasteiger partial charge in [-0.15, -0.1) is 0 Å². The molecule has 450 valence electrons. The van der Waals surface area contributed by atoms with Crippen LogP contribution in [-0.2, 0) is 22.4 Å². The minimum atomic E-state index is -4.64. The maximum Gasteiger partial charge on any atom is 0.420 e. The Morgan fingerprint density at radius 1 is 0.366 bits per heavy atom.